The van der Waals surface area contributed by atoms with Crippen molar-refractivity contribution in [2.24, 2.45) is 0 Å². The molecule has 1 aromatic heterocycles. The Morgan fingerprint density at radius 2 is 2.19 bits per heavy atom. The van der Waals surface area contributed by atoms with Crippen molar-refractivity contribution in [1.29, 1.82) is 0 Å². The molecule has 0 atom stereocenters. The number of benzene rings is 1. The van der Waals surface area contributed by atoms with E-state index in [-0.39, 0.29) is 6.42 Å². The lowest BCUT2D eigenvalue weighted by Gasteiger charge is -2.27. The molecule has 21 heavy (non-hydrogen) atoms. The number of thioether (sulfide) groups is 1. The highest BCUT2D eigenvalue weighted by Crippen LogP contribution is 2.32. The summed E-state index contributed by atoms with van der Waals surface area (Å²) in [5, 5.41) is 18.2. The van der Waals surface area contributed by atoms with E-state index in [2.05, 4.69) is 31.0 Å². The van der Waals surface area contributed by atoms with Gasteiger partial charge in [-0.2, -0.15) is 0 Å². The first kappa shape index (κ1) is 14.6. The van der Waals surface area contributed by atoms with Crippen LogP contribution in [0.4, 0.5) is 0 Å². The molecule has 0 fully saturated rings. The third-order valence-corrected chi connectivity index (χ3v) is 4.94. The van der Waals surface area contributed by atoms with Crippen molar-refractivity contribution in [3.63, 3.8) is 0 Å². The molecule has 1 N–H and O–H groups in total. The summed E-state index contributed by atoms with van der Waals surface area (Å²) >= 11 is 5.11. The van der Waals surface area contributed by atoms with Gasteiger partial charge >= 0.3 is 5.97 Å². The van der Waals surface area contributed by atoms with Crippen LogP contribution in [0.1, 0.15) is 6.42 Å². The van der Waals surface area contributed by atoms with E-state index >= 15 is 0 Å². The minimum atomic E-state index is -0.777. The van der Waals surface area contributed by atoms with Crippen LogP contribution in [0.5, 0.6) is 0 Å². The van der Waals surface area contributed by atoms with Crippen LogP contribution in [0.25, 0.3) is 11.4 Å². The highest BCUT2D eigenvalue weighted by Gasteiger charge is 2.23. The Bertz CT molecular complexity index is 676. The summed E-state index contributed by atoms with van der Waals surface area (Å²) in [7, 11) is 0. The van der Waals surface area contributed by atoms with Gasteiger partial charge in [0.1, 0.15) is 0 Å². The molecule has 2 heterocycles. The number of halogens is 1. The molecule has 2 aromatic rings. The van der Waals surface area contributed by atoms with Crippen molar-refractivity contribution in [2.45, 2.75) is 18.2 Å². The standard InChI is InChI=1S/C13H13BrN4O2S/c14-10-4-2-1-3-9(10)12-15-16-13-18(12)7-17(8-21-13)6-5-11(19)20/h1-4H,5-8H2,(H,19,20). The van der Waals surface area contributed by atoms with Crippen molar-refractivity contribution >= 4 is 33.7 Å². The van der Waals surface area contributed by atoms with Crippen LogP contribution < -0.4 is 0 Å². The molecule has 1 aliphatic heterocycles. The van der Waals surface area contributed by atoms with Crippen molar-refractivity contribution in [1.82, 2.24) is 19.7 Å². The molecule has 0 unspecified atom stereocenters. The number of hydrogen-bond donors (Lipinski definition) is 1. The number of nitrogens with zero attached hydrogens (tertiary/aromatic N) is 4. The Hall–Kier alpha value is -1.38. The molecular weight excluding hydrogens is 356 g/mol. The number of carboxylic acids is 1. The van der Waals surface area contributed by atoms with Gasteiger partial charge in [-0.05, 0) is 6.07 Å². The van der Waals surface area contributed by atoms with Gasteiger partial charge < -0.3 is 5.11 Å². The number of rotatable bonds is 4. The molecule has 8 heteroatoms. The fourth-order valence-electron chi connectivity index (χ4n) is 2.14. The topological polar surface area (TPSA) is 71.2 Å². The summed E-state index contributed by atoms with van der Waals surface area (Å²) in [6.07, 6.45) is 0.141. The predicted molar refractivity (Wildman–Crippen MR) is 82.8 cm³/mol. The highest BCUT2D eigenvalue weighted by molar-refractivity contribution is 9.10. The van der Waals surface area contributed by atoms with Gasteiger partial charge in [-0.15, -0.1) is 10.2 Å². The fraction of sp³-hybridized carbons (Fsp3) is 0.308. The van der Waals surface area contributed by atoms with Gasteiger partial charge in [0, 0.05) is 16.6 Å². The summed E-state index contributed by atoms with van der Waals surface area (Å²) < 4.78 is 2.99. The van der Waals surface area contributed by atoms with Gasteiger partial charge in [-0.1, -0.05) is 45.9 Å². The zero-order chi connectivity index (χ0) is 14.8. The lowest BCUT2D eigenvalue weighted by Crippen LogP contribution is -2.32. The summed E-state index contributed by atoms with van der Waals surface area (Å²) in [4.78, 5) is 12.8. The minimum Gasteiger partial charge on any atom is -0.481 e. The molecule has 0 radical (unpaired) electrons. The second-order valence-corrected chi connectivity index (χ2v) is 6.43. The van der Waals surface area contributed by atoms with Crippen LogP contribution in [-0.4, -0.2) is 43.2 Å². The molecule has 0 saturated heterocycles. The lowest BCUT2D eigenvalue weighted by molar-refractivity contribution is -0.137. The highest BCUT2D eigenvalue weighted by atomic mass is 79.9. The monoisotopic (exact) mass is 368 g/mol. The third-order valence-electron chi connectivity index (χ3n) is 3.19. The van der Waals surface area contributed by atoms with Gasteiger partial charge in [0.15, 0.2) is 11.0 Å². The number of aliphatic carboxylic acids is 1. The average Bonchev–Trinajstić information content (AvgIpc) is 2.88. The van der Waals surface area contributed by atoms with E-state index in [1.165, 1.54) is 0 Å². The zero-order valence-corrected chi connectivity index (χ0v) is 13.5. The lowest BCUT2D eigenvalue weighted by atomic mass is 10.2. The van der Waals surface area contributed by atoms with Crippen molar-refractivity contribution in [3.05, 3.63) is 28.7 Å². The molecule has 1 aliphatic rings. The zero-order valence-electron chi connectivity index (χ0n) is 11.1. The second kappa shape index (κ2) is 6.17. The van der Waals surface area contributed by atoms with Crippen LogP contribution in [0.2, 0.25) is 0 Å². The first-order valence-electron chi connectivity index (χ1n) is 6.40. The maximum Gasteiger partial charge on any atom is 0.304 e. The molecule has 0 saturated carbocycles. The number of aromatic nitrogens is 3. The van der Waals surface area contributed by atoms with Crippen LogP contribution in [0.3, 0.4) is 0 Å². The SMILES string of the molecule is O=C(O)CCN1CSc2nnc(-c3ccccc3Br)n2C1. The summed E-state index contributed by atoms with van der Waals surface area (Å²) in [5.74, 6) is 0.757. The molecule has 6 nitrogen and oxygen atoms in total. The number of fused-ring (bicyclic) bond motifs is 1. The normalized spacial score (nSPS) is 14.9. The van der Waals surface area contributed by atoms with Gasteiger partial charge in [-0.3, -0.25) is 14.3 Å². The van der Waals surface area contributed by atoms with E-state index in [0.717, 1.165) is 26.9 Å². The summed E-state index contributed by atoms with van der Waals surface area (Å²) in [5.41, 5.74) is 0.983. The number of carboxylic acid groups (broad SMARTS) is 1. The molecular formula is C13H13BrN4O2S. The Morgan fingerprint density at radius 3 is 2.95 bits per heavy atom. The van der Waals surface area contributed by atoms with E-state index in [1.807, 2.05) is 28.8 Å². The van der Waals surface area contributed by atoms with Crippen LogP contribution in [-0.2, 0) is 11.5 Å². The molecule has 1 aromatic carbocycles. The molecule has 0 bridgehead atoms. The van der Waals surface area contributed by atoms with Crippen molar-refractivity contribution in [2.75, 3.05) is 12.4 Å². The average molecular weight is 369 g/mol. The van der Waals surface area contributed by atoms with E-state index in [9.17, 15) is 4.79 Å². The fourth-order valence-corrected chi connectivity index (χ4v) is 3.51. The van der Waals surface area contributed by atoms with E-state index in [0.29, 0.717) is 13.2 Å². The maximum atomic E-state index is 10.7. The Balaban J connectivity index is 1.86. The first-order chi connectivity index (χ1) is 10.1. The molecule has 0 spiro atoms. The van der Waals surface area contributed by atoms with E-state index < -0.39 is 5.97 Å². The smallest absolute Gasteiger partial charge is 0.304 e. The van der Waals surface area contributed by atoms with Crippen LogP contribution >= 0.6 is 27.7 Å². The van der Waals surface area contributed by atoms with E-state index in [4.69, 9.17) is 5.11 Å². The number of carbonyl (C=O) groups is 1. The molecule has 110 valence electrons. The van der Waals surface area contributed by atoms with Gasteiger partial charge in [0.2, 0.25) is 0 Å². The molecule has 3 rings (SSSR count). The van der Waals surface area contributed by atoms with Crippen molar-refractivity contribution in [3.8, 4) is 11.4 Å². The minimum absolute atomic E-state index is 0.141. The van der Waals surface area contributed by atoms with Gasteiger partial charge in [-0.25, -0.2) is 0 Å². The van der Waals surface area contributed by atoms with E-state index in [1.54, 1.807) is 11.8 Å². The largest absolute Gasteiger partial charge is 0.481 e. The Labute approximate surface area is 134 Å². The quantitative estimate of drug-likeness (QED) is 0.893. The van der Waals surface area contributed by atoms with Crippen LogP contribution in [0.15, 0.2) is 33.9 Å². The third kappa shape index (κ3) is 3.12. The summed E-state index contributed by atoms with van der Waals surface area (Å²) in [6.45, 7) is 1.13. The van der Waals surface area contributed by atoms with Crippen LogP contribution in [0, 0.1) is 0 Å². The summed E-state index contributed by atoms with van der Waals surface area (Å²) in [6, 6.07) is 7.87. The number of hydrogen-bond acceptors (Lipinski definition) is 5. The van der Waals surface area contributed by atoms with Gasteiger partial charge in [0.25, 0.3) is 0 Å². The molecule has 0 amide bonds. The molecule has 0 aliphatic carbocycles. The predicted octanol–water partition coefficient (Wildman–Crippen LogP) is 2.51. The second-order valence-electron chi connectivity index (χ2n) is 4.67. The Kier molecular flexibility index (Phi) is 4.27. The van der Waals surface area contributed by atoms with Gasteiger partial charge in [0.05, 0.1) is 19.0 Å². The maximum absolute atomic E-state index is 10.7. The Morgan fingerprint density at radius 1 is 1.38 bits per heavy atom. The van der Waals surface area contributed by atoms with Crippen molar-refractivity contribution < 1.29 is 9.90 Å². The first-order valence-corrected chi connectivity index (χ1v) is 8.18.